The van der Waals surface area contributed by atoms with Crippen LogP contribution >= 0.6 is 0 Å². The molecular formula is C9H11NO2. The van der Waals surface area contributed by atoms with Gasteiger partial charge in [-0.1, -0.05) is 35.9 Å². The number of carbonyl (C=O) groups excluding carboxylic acids is 1. The van der Waals surface area contributed by atoms with E-state index in [0.717, 1.165) is 6.92 Å². The Morgan fingerprint density at radius 3 is 1.83 bits per heavy atom. The molecule has 0 aliphatic heterocycles. The molecule has 1 rings (SSSR count). The molecule has 3 heteroatoms. The predicted octanol–water partition coefficient (Wildman–Crippen LogP) is 2.29. The van der Waals surface area contributed by atoms with Gasteiger partial charge in [0.1, 0.15) is 0 Å². The van der Waals surface area contributed by atoms with Gasteiger partial charge in [-0.05, 0) is 6.92 Å². The second-order valence-electron chi connectivity index (χ2n) is 2.27. The molecule has 1 aromatic rings. The molecule has 1 aromatic carbocycles. The number of aryl methyl sites for hydroxylation is 1. The van der Waals surface area contributed by atoms with E-state index in [1.54, 1.807) is 0 Å². The van der Waals surface area contributed by atoms with Gasteiger partial charge in [-0.2, -0.15) is 0 Å². The highest BCUT2D eigenvalue weighted by Gasteiger charge is 1.77. The number of amides is 1. The van der Waals surface area contributed by atoms with E-state index in [-0.39, 0.29) is 0 Å². The SMILES string of the molecule is CC(=O)N=O.Cc1ccccc1. The van der Waals surface area contributed by atoms with E-state index in [1.807, 2.05) is 23.4 Å². The number of nitroso groups, excluding NO2 is 1. The first kappa shape index (κ1) is 10.5. The van der Waals surface area contributed by atoms with Crippen LogP contribution in [0, 0.1) is 11.8 Å². The molecule has 0 saturated carbocycles. The van der Waals surface area contributed by atoms with E-state index < -0.39 is 5.91 Å². The minimum Gasteiger partial charge on any atom is -0.269 e. The predicted molar refractivity (Wildman–Crippen MR) is 47.7 cm³/mol. The lowest BCUT2D eigenvalue weighted by atomic mass is 10.2. The van der Waals surface area contributed by atoms with Crippen LogP contribution in [0.4, 0.5) is 0 Å². The summed E-state index contributed by atoms with van der Waals surface area (Å²) in [6.45, 7) is 3.19. The lowest BCUT2D eigenvalue weighted by Gasteiger charge is -1.82. The Morgan fingerprint density at radius 2 is 1.67 bits per heavy atom. The molecule has 0 atom stereocenters. The van der Waals surface area contributed by atoms with Crippen LogP contribution in [0.2, 0.25) is 0 Å². The van der Waals surface area contributed by atoms with Gasteiger partial charge in [0, 0.05) is 12.1 Å². The van der Waals surface area contributed by atoms with Crippen LogP contribution in [0.1, 0.15) is 12.5 Å². The highest BCUT2D eigenvalue weighted by atomic mass is 16.3. The molecule has 3 nitrogen and oxygen atoms in total. The van der Waals surface area contributed by atoms with Crippen LogP contribution in [0.3, 0.4) is 0 Å². The monoisotopic (exact) mass is 165 g/mol. The molecule has 1 amide bonds. The average Bonchev–Trinajstić information content (AvgIpc) is 2.07. The van der Waals surface area contributed by atoms with Crippen LogP contribution in [0.5, 0.6) is 0 Å². The quantitative estimate of drug-likeness (QED) is 0.554. The lowest BCUT2D eigenvalue weighted by molar-refractivity contribution is -0.115. The number of benzene rings is 1. The van der Waals surface area contributed by atoms with E-state index in [0.29, 0.717) is 0 Å². The van der Waals surface area contributed by atoms with Gasteiger partial charge in [-0.25, -0.2) is 0 Å². The van der Waals surface area contributed by atoms with Crippen molar-refractivity contribution in [1.82, 2.24) is 0 Å². The number of hydrogen-bond acceptors (Lipinski definition) is 2. The number of rotatable bonds is 0. The van der Waals surface area contributed by atoms with Crippen LogP contribution in [-0.4, -0.2) is 5.91 Å². The summed E-state index contributed by atoms with van der Waals surface area (Å²) in [7, 11) is 0. The Labute approximate surface area is 71.4 Å². The van der Waals surface area contributed by atoms with Gasteiger partial charge in [0.05, 0.1) is 0 Å². The standard InChI is InChI=1S/C7H8.C2H3NO2/c1-7-5-3-2-4-6-7;1-2(4)3-5/h2-6H,1H3;1H3. The third kappa shape index (κ3) is 6.61. The van der Waals surface area contributed by atoms with Gasteiger partial charge in [0.25, 0.3) is 5.91 Å². The largest absolute Gasteiger partial charge is 0.283 e. The second-order valence-corrected chi connectivity index (χ2v) is 2.27. The van der Waals surface area contributed by atoms with Gasteiger partial charge >= 0.3 is 0 Å². The molecule has 0 spiro atoms. The van der Waals surface area contributed by atoms with E-state index in [9.17, 15) is 4.79 Å². The summed E-state index contributed by atoms with van der Waals surface area (Å²) in [4.78, 5) is 18.2. The van der Waals surface area contributed by atoms with Crippen molar-refractivity contribution in [3.05, 3.63) is 40.8 Å². The van der Waals surface area contributed by atoms with Gasteiger partial charge < -0.3 is 0 Å². The van der Waals surface area contributed by atoms with Crippen LogP contribution < -0.4 is 0 Å². The molecule has 0 saturated heterocycles. The maximum Gasteiger partial charge on any atom is 0.283 e. The minimum absolute atomic E-state index is 0.676. The first-order valence-electron chi connectivity index (χ1n) is 3.52. The zero-order valence-electron chi connectivity index (χ0n) is 7.15. The Morgan fingerprint density at radius 1 is 1.25 bits per heavy atom. The topological polar surface area (TPSA) is 46.5 Å². The fraction of sp³-hybridized carbons (Fsp3) is 0.222. The van der Waals surface area contributed by atoms with Crippen molar-refractivity contribution in [2.24, 2.45) is 5.18 Å². The Balaban J connectivity index is 0.000000217. The Hall–Kier alpha value is -1.51. The van der Waals surface area contributed by atoms with E-state index >= 15 is 0 Å². The van der Waals surface area contributed by atoms with Gasteiger partial charge in [-0.3, -0.25) is 4.79 Å². The fourth-order valence-corrected chi connectivity index (χ4v) is 0.534. The zero-order chi connectivity index (χ0) is 9.40. The maximum atomic E-state index is 9.33. The Kier molecular flexibility index (Phi) is 5.43. The summed E-state index contributed by atoms with van der Waals surface area (Å²) in [5.41, 5.74) is 1.32. The molecule has 0 aliphatic carbocycles. The van der Waals surface area contributed by atoms with Crippen molar-refractivity contribution in [2.45, 2.75) is 13.8 Å². The van der Waals surface area contributed by atoms with Crippen LogP contribution in [0.25, 0.3) is 0 Å². The van der Waals surface area contributed by atoms with Gasteiger partial charge in [-0.15, -0.1) is 4.91 Å². The molecule has 12 heavy (non-hydrogen) atoms. The molecule has 0 fully saturated rings. The molecule has 0 heterocycles. The highest BCUT2D eigenvalue weighted by Crippen LogP contribution is 1.92. The average molecular weight is 165 g/mol. The lowest BCUT2D eigenvalue weighted by Crippen LogP contribution is -1.74. The molecule has 0 radical (unpaired) electrons. The van der Waals surface area contributed by atoms with E-state index in [2.05, 4.69) is 19.1 Å². The Bertz CT molecular complexity index is 244. The van der Waals surface area contributed by atoms with E-state index in [1.165, 1.54) is 5.56 Å². The van der Waals surface area contributed by atoms with Crippen molar-refractivity contribution in [1.29, 1.82) is 0 Å². The zero-order valence-corrected chi connectivity index (χ0v) is 7.15. The first-order valence-corrected chi connectivity index (χ1v) is 3.52. The second kappa shape index (κ2) is 6.22. The molecule has 64 valence electrons. The number of nitrogens with zero attached hydrogens (tertiary/aromatic N) is 1. The number of carbonyl (C=O) groups is 1. The molecule has 0 aliphatic rings. The molecule has 0 bridgehead atoms. The maximum absolute atomic E-state index is 9.33. The number of hydrogen-bond donors (Lipinski definition) is 0. The van der Waals surface area contributed by atoms with Crippen molar-refractivity contribution >= 4 is 5.91 Å². The highest BCUT2D eigenvalue weighted by molar-refractivity contribution is 5.73. The normalized spacial score (nSPS) is 7.83. The molecule has 0 unspecified atom stereocenters. The summed E-state index contributed by atoms with van der Waals surface area (Å²) in [6, 6.07) is 10.3. The van der Waals surface area contributed by atoms with Crippen molar-refractivity contribution in [3.8, 4) is 0 Å². The van der Waals surface area contributed by atoms with Crippen LogP contribution in [-0.2, 0) is 4.79 Å². The molecular weight excluding hydrogens is 154 g/mol. The summed E-state index contributed by atoms with van der Waals surface area (Å²) >= 11 is 0. The summed E-state index contributed by atoms with van der Waals surface area (Å²) in [5.74, 6) is -0.676. The third-order valence-electron chi connectivity index (χ3n) is 1.07. The van der Waals surface area contributed by atoms with E-state index in [4.69, 9.17) is 4.91 Å². The summed E-state index contributed by atoms with van der Waals surface area (Å²) in [6.07, 6.45) is 0. The minimum atomic E-state index is -0.676. The summed E-state index contributed by atoms with van der Waals surface area (Å²) < 4.78 is 0. The fourth-order valence-electron chi connectivity index (χ4n) is 0.534. The smallest absolute Gasteiger partial charge is 0.269 e. The van der Waals surface area contributed by atoms with Crippen molar-refractivity contribution in [2.75, 3.05) is 0 Å². The molecule has 0 aromatic heterocycles. The van der Waals surface area contributed by atoms with Crippen LogP contribution in [0.15, 0.2) is 35.5 Å². The van der Waals surface area contributed by atoms with Crippen molar-refractivity contribution in [3.63, 3.8) is 0 Å². The first-order chi connectivity index (χ1) is 5.66. The van der Waals surface area contributed by atoms with Crippen molar-refractivity contribution < 1.29 is 4.79 Å². The van der Waals surface area contributed by atoms with Gasteiger partial charge in [0.2, 0.25) is 0 Å². The summed E-state index contributed by atoms with van der Waals surface area (Å²) in [5, 5.41) is 2.00. The molecule has 0 N–H and O–H groups in total. The third-order valence-corrected chi connectivity index (χ3v) is 1.07. The van der Waals surface area contributed by atoms with Gasteiger partial charge in [0.15, 0.2) is 0 Å².